The SMILES string of the molecule is COC(=O)C1CC2(CCCC2)N1. The van der Waals surface area contributed by atoms with E-state index in [1.807, 2.05) is 0 Å². The molecule has 0 aromatic carbocycles. The molecular weight excluding hydrogens is 154 g/mol. The lowest BCUT2D eigenvalue weighted by molar-refractivity contribution is -0.148. The van der Waals surface area contributed by atoms with Crippen LogP contribution in [0.25, 0.3) is 0 Å². The lowest BCUT2D eigenvalue weighted by Crippen LogP contribution is -2.65. The Labute approximate surface area is 72.5 Å². The molecule has 1 saturated heterocycles. The zero-order chi connectivity index (χ0) is 8.60. The average Bonchev–Trinajstić information content (AvgIpc) is 2.48. The van der Waals surface area contributed by atoms with Crippen LogP contribution in [-0.4, -0.2) is 24.7 Å². The second-order valence-electron chi connectivity index (χ2n) is 3.91. The fourth-order valence-corrected chi connectivity index (χ4v) is 2.42. The average molecular weight is 169 g/mol. The summed E-state index contributed by atoms with van der Waals surface area (Å²) in [7, 11) is 1.45. The van der Waals surface area contributed by atoms with Gasteiger partial charge < -0.3 is 4.74 Å². The largest absolute Gasteiger partial charge is 0.468 e. The number of ether oxygens (including phenoxy) is 1. The van der Waals surface area contributed by atoms with E-state index in [0.717, 1.165) is 6.42 Å². The molecule has 0 amide bonds. The van der Waals surface area contributed by atoms with Crippen LogP contribution in [0.1, 0.15) is 32.1 Å². The van der Waals surface area contributed by atoms with Gasteiger partial charge in [-0.2, -0.15) is 0 Å². The molecular formula is C9H15NO2. The van der Waals surface area contributed by atoms with Crippen LogP contribution in [0.2, 0.25) is 0 Å². The molecule has 2 aliphatic rings. The molecule has 68 valence electrons. The summed E-state index contributed by atoms with van der Waals surface area (Å²) in [5.41, 5.74) is 0.318. The van der Waals surface area contributed by atoms with Gasteiger partial charge in [-0.05, 0) is 19.3 Å². The minimum absolute atomic E-state index is 0.0203. The highest BCUT2D eigenvalue weighted by molar-refractivity contribution is 5.77. The Morgan fingerprint density at radius 1 is 1.50 bits per heavy atom. The van der Waals surface area contributed by atoms with E-state index in [0.29, 0.717) is 5.54 Å². The molecule has 0 aromatic heterocycles. The summed E-state index contributed by atoms with van der Waals surface area (Å²) in [5.74, 6) is -0.104. The highest BCUT2D eigenvalue weighted by atomic mass is 16.5. The first-order valence-electron chi connectivity index (χ1n) is 4.61. The molecule has 1 aliphatic carbocycles. The van der Waals surface area contributed by atoms with Crippen LogP contribution in [0.5, 0.6) is 0 Å². The van der Waals surface area contributed by atoms with Crippen LogP contribution in [0.3, 0.4) is 0 Å². The number of methoxy groups -OCH3 is 1. The van der Waals surface area contributed by atoms with Gasteiger partial charge in [0.2, 0.25) is 0 Å². The third-order valence-electron chi connectivity index (χ3n) is 3.12. The van der Waals surface area contributed by atoms with Gasteiger partial charge >= 0.3 is 5.97 Å². The predicted octanol–water partition coefficient (Wildman–Crippen LogP) is 0.834. The maximum Gasteiger partial charge on any atom is 0.322 e. The van der Waals surface area contributed by atoms with Crippen molar-refractivity contribution < 1.29 is 9.53 Å². The van der Waals surface area contributed by atoms with Gasteiger partial charge in [-0.15, -0.1) is 0 Å². The van der Waals surface area contributed by atoms with Crippen LogP contribution in [-0.2, 0) is 9.53 Å². The number of esters is 1. The maximum atomic E-state index is 11.0. The molecule has 2 fully saturated rings. The second-order valence-corrected chi connectivity index (χ2v) is 3.91. The minimum Gasteiger partial charge on any atom is -0.468 e. The fourth-order valence-electron chi connectivity index (χ4n) is 2.42. The first-order valence-corrected chi connectivity index (χ1v) is 4.61. The van der Waals surface area contributed by atoms with Gasteiger partial charge in [0.1, 0.15) is 6.04 Å². The van der Waals surface area contributed by atoms with Crippen molar-refractivity contribution in [2.75, 3.05) is 7.11 Å². The van der Waals surface area contributed by atoms with Crippen LogP contribution in [0.15, 0.2) is 0 Å². The van der Waals surface area contributed by atoms with Crippen molar-refractivity contribution in [3.63, 3.8) is 0 Å². The molecule has 1 saturated carbocycles. The van der Waals surface area contributed by atoms with E-state index in [-0.39, 0.29) is 12.0 Å². The summed E-state index contributed by atoms with van der Waals surface area (Å²) in [6, 6.07) is -0.0203. The summed E-state index contributed by atoms with van der Waals surface area (Å²) in [5, 5.41) is 3.33. The van der Waals surface area contributed by atoms with Gasteiger partial charge in [0.15, 0.2) is 0 Å². The lowest BCUT2D eigenvalue weighted by Gasteiger charge is -2.45. The molecule has 1 N–H and O–H groups in total. The molecule has 1 aliphatic heterocycles. The number of nitrogens with one attached hydrogen (secondary N) is 1. The van der Waals surface area contributed by atoms with E-state index in [1.54, 1.807) is 0 Å². The van der Waals surface area contributed by atoms with E-state index in [4.69, 9.17) is 0 Å². The summed E-state index contributed by atoms with van der Waals surface area (Å²) in [4.78, 5) is 11.0. The van der Waals surface area contributed by atoms with Crippen LogP contribution >= 0.6 is 0 Å². The first kappa shape index (κ1) is 8.05. The quantitative estimate of drug-likeness (QED) is 0.591. The third-order valence-corrected chi connectivity index (χ3v) is 3.12. The van der Waals surface area contributed by atoms with Crippen molar-refractivity contribution >= 4 is 5.97 Å². The molecule has 2 rings (SSSR count). The minimum atomic E-state index is -0.104. The van der Waals surface area contributed by atoms with Crippen LogP contribution in [0.4, 0.5) is 0 Å². The van der Waals surface area contributed by atoms with E-state index < -0.39 is 0 Å². The Morgan fingerprint density at radius 2 is 2.08 bits per heavy atom. The van der Waals surface area contributed by atoms with E-state index in [9.17, 15) is 4.79 Å². The maximum absolute atomic E-state index is 11.0. The predicted molar refractivity (Wildman–Crippen MR) is 44.8 cm³/mol. The highest BCUT2D eigenvalue weighted by Crippen LogP contribution is 2.40. The summed E-state index contributed by atoms with van der Waals surface area (Å²) in [6.07, 6.45) is 6.07. The van der Waals surface area contributed by atoms with Crippen molar-refractivity contribution in [3.8, 4) is 0 Å². The molecule has 1 atom stereocenters. The molecule has 3 heteroatoms. The van der Waals surface area contributed by atoms with E-state index in [1.165, 1.54) is 32.8 Å². The first-order chi connectivity index (χ1) is 5.76. The smallest absolute Gasteiger partial charge is 0.322 e. The normalized spacial score (nSPS) is 31.6. The Bertz CT molecular complexity index is 189. The standard InChI is InChI=1S/C9H15NO2/c1-12-8(11)7-6-9(10-7)4-2-3-5-9/h7,10H,2-6H2,1H3. The molecule has 3 nitrogen and oxygen atoms in total. The lowest BCUT2D eigenvalue weighted by atomic mass is 9.80. The number of hydrogen-bond donors (Lipinski definition) is 1. The zero-order valence-electron chi connectivity index (χ0n) is 7.43. The summed E-state index contributed by atoms with van der Waals surface area (Å²) < 4.78 is 4.66. The Morgan fingerprint density at radius 3 is 2.58 bits per heavy atom. The molecule has 12 heavy (non-hydrogen) atoms. The topological polar surface area (TPSA) is 38.3 Å². The second kappa shape index (κ2) is 2.73. The number of hydrogen-bond acceptors (Lipinski definition) is 3. The fraction of sp³-hybridized carbons (Fsp3) is 0.889. The van der Waals surface area contributed by atoms with Crippen LogP contribution < -0.4 is 5.32 Å². The molecule has 1 spiro atoms. The van der Waals surface area contributed by atoms with Crippen molar-refractivity contribution in [3.05, 3.63) is 0 Å². The Hall–Kier alpha value is -0.570. The monoisotopic (exact) mass is 169 g/mol. The molecule has 0 radical (unpaired) electrons. The number of carbonyl (C=O) groups excluding carboxylic acids is 1. The van der Waals surface area contributed by atoms with E-state index in [2.05, 4.69) is 10.1 Å². The van der Waals surface area contributed by atoms with Crippen molar-refractivity contribution in [1.29, 1.82) is 0 Å². The third kappa shape index (κ3) is 1.12. The van der Waals surface area contributed by atoms with Gasteiger partial charge in [-0.3, -0.25) is 10.1 Å². The molecule has 1 unspecified atom stereocenters. The Kier molecular flexibility index (Phi) is 1.83. The van der Waals surface area contributed by atoms with Gasteiger partial charge in [0.25, 0.3) is 0 Å². The zero-order valence-corrected chi connectivity index (χ0v) is 7.43. The van der Waals surface area contributed by atoms with Gasteiger partial charge in [-0.25, -0.2) is 0 Å². The van der Waals surface area contributed by atoms with Gasteiger partial charge in [0, 0.05) is 5.54 Å². The van der Waals surface area contributed by atoms with Gasteiger partial charge in [-0.1, -0.05) is 12.8 Å². The van der Waals surface area contributed by atoms with Crippen molar-refractivity contribution in [2.45, 2.75) is 43.7 Å². The van der Waals surface area contributed by atoms with Crippen molar-refractivity contribution in [2.24, 2.45) is 0 Å². The van der Waals surface area contributed by atoms with Crippen molar-refractivity contribution in [1.82, 2.24) is 5.32 Å². The molecule has 1 heterocycles. The molecule has 0 aromatic rings. The number of rotatable bonds is 1. The number of carbonyl (C=O) groups is 1. The summed E-state index contributed by atoms with van der Waals surface area (Å²) in [6.45, 7) is 0. The Balaban J connectivity index is 1.86. The van der Waals surface area contributed by atoms with Gasteiger partial charge in [0.05, 0.1) is 7.11 Å². The van der Waals surface area contributed by atoms with Crippen LogP contribution in [0, 0.1) is 0 Å². The summed E-state index contributed by atoms with van der Waals surface area (Å²) >= 11 is 0. The molecule has 0 bridgehead atoms. The van der Waals surface area contributed by atoms with E-state index >= 15 is 0 Å². The highest BCUT2D eigenvalue weighted by Gasteiger charge is 2.48.